The summed E-state index contributed by atoms with van der Waals surface area (Å²) in [6.07, 6.45) is 1.77. The Morgan fingerprint density at radius 1 is 1.43 bits per heavy atom. The molecule has 1 amide bonds. The first-order chi connectivity index (χ1) is 13.6. The van der Waals surface area contributed by atoms with E-state index in [1.54, 1.807) is 7.11 Å². The largest absolute Gasteiger partial charge is 0.497 e. The van der Waals surface area contributed by atoms with Gasteiger partial charge in [0.2, 0.25) is 5.91 Å². The highest BCUT2D eigenvalue weighted by Gasteiger charge is 2.48. The minimum atomic E-state index is -0.250. The van der Waals surface area contributed by atoms with Gasteiger partial charge in [0.25, 0.3) is 6.47 Å². The van der Waals surface area contributed by atoms with Gasteiger partial charge in [-0.15, -0.1) is 0 Å². The van der Waals surface area contributed by atoms with Crippen LogP contribution in [0.4, 0.5) is 0 Å². The van der Waals surface area contributed by atoms with Crippen LogP contribution in [0.15, 0.2) is 24.3 Å². The highest BCUT2D eigenvalue weighted by atomic mass is 16.5. The van der Waals surface area contributed by atoms with Gasteiger partial charge >= 0.3 is 0 Å². The number of hydrogen-bond acceptors (Lipinski definition) is 6. The number of carbonyl (C=O) groups excluding carboxylic acids is 1. The molecule has 0 unspecified atom stereocenters. The lowest BCUT2D eigenvalue weighted by Crippen LogP contribution is -2.43. The molecule has 2 atom stereocenters. The fraction of sp³-hybridized carbons (Fsp3) is 0.600. The first-order valence-corrected chi connectivity index (χ1v) is 9.45. The number of hydrogen-bond donors (Lipinski definition) is 3. The molecule has 0 saturated carbocycles. The SMILES string of the molecule is COc1ccc(CCNC(=O)CN2C[C@@H]3CCOC[C@]3(CO)C2)cc1.O=CO. The zero-order chi connectivity index (χ0) is 20.4. The predicted octanol–water partition coefficient (Wildman–Crippen LogP) is 0.386. The lowest BCUT2D eigenvalue weighted by Gasteiger charge is -2.36. The number of nitrogens with zero attached hydrogens (tertiary/aromatic N) is 1. The Bertz CT molecular complexity index is 624. The van der Waals surface area contributed by atoms with E-state index >= 15 is 0 Å². The van der Waals surface area contributed by atoms with E-state index in [9.17, 15) is 9.90 Å². The molecule has 3 rings (SSSR count). The van der Waals surface area contributed by atoms with Gasteiger partial charge in [0.05, 0.1) is 26.9 Å². The van der Waals surface area contributed by atoms with E-state index in [4.69, 9.17) is 19.4 Å². The summed E-state index contributed by atoms with van der Waals surface area (Å²) in [5.41, 5.74) is 0.992. The van der Waals surface area contributed by atoms with E-state index < -0.39 is 0 Å². The molecule has 2 fully saturated rings. The van der Waals surface area contributed by atoms with Gasteiger partial charge < -0.3 is 25.0 Å². The van der Waals surface area contributed by atoms with E-state index in [2.05, 4.69) is 10.2 Å². The molecule has 8 heteroatoms. The predicted molar refractivity (Wildman–Crippen MR) is 103 cm³/mol. The summed E-state index contributed by atoms with van der Waals surface area (Å²) >= 11 is 0. The summed E-state index contributed by atoms with van der Waals surface area (Å²) < 4.78 is 10.7. The Kier molecular flexibility index (Phi) is 8.69. The normalized spacial score (nSPS) is 23.9. The molecule has 0 radical (unpaired) electrons. The summed E-state index contributed by atoms with van der Waals surface area (Å²) in [5, 5.41) is 19.7. The van der Waals surface area contributed by atoms with Crippen molar-refractivity contribution < 1.29 is 29.3 Å². The number of aliphatic hydroxyl groups is 1. The molecule has 8 nitrogen and oxygen atoms in total. The summed E-state index contributed by atoms with van der Waals surface area (Å²) in [5.74, 6) is 1.31. The van der Waals surface area contributed by atoms with Crippen LogP contribution in [0.25, 0.3) is 0 Å². The maximum Gasteiger partial charge on any atom is 0.290 e. The Labute approximate surface area is 165 Å². The molecule has 3 N–H and O–H groups in total. The average molecular weight is 394 g/mol. The Morgan fingerprint density at radius 2 is 2.14 bits per heavy atom. The molecule has 1 aromatic carbocycles. The number of fused-ring (bicyclic) bond motifs is 1. The van der Waals surface area contributed by atoms with Crippen molar-refractivity contribution in [3.8, 4) is 5.75 Å². The Morgan fingerprint density at radius 3 is 2.75 bits per heavy atom. The summed E-state index contributed by atoms with van der Waals surface area (Å²) in [4.78, 5) is 22.7. The standard InChI is InChI=1S/C19H28N2O4.CH2O2/c1-24-17-4-2-15(3-5-17)6-8-20-18(23)11-21-10-16-7-9-25-14-19(16,12-21)13-22;2-1-3/h2-5,16,22H,6-14H2,1H3,(H,20,23);1H,(H,2,3)/t16-,19+;/m0./s1. The highest BCUT2D eigenvalue weighted by Crippen LogP contribution is 2.40. The van der Waals surface area contributed by atoms with Crippen molar-refractivity contribution in [1.82, 2.24) is 10.2 Å². The van der Waals surface area contributed by atoms with Crippen LogP contribution in [-0.2, 0) is 20.7 Å². The zero-order valence-corrected chi connectivity index (χ0v) is 16.3. The third-order valence-electron chi connectivity index (χ3n) is 5.46. The summed E-state index contributed by atoms with van der Waals surface area (Å²) in [7, 11) is 1.65. The molecule has 28 heavy (non-hydrogen) atoms. The van der Waals surface area contributed by atoms with Crippen molar-refractivity contribution in [3.05, 3.63) is 29.8 Å². The Hall–Kier alpha value is -2.16. The second kappa shape index (κ2) is 11.0. The molecular weight excluding hydrogens is 364 g/mol. The van der Waals surface area contributed by atoms with E-state index in [0.717, 1.165) is 38.3 Å². The number of likely N-dealkylation sites (tertiary alicyclic amines) is 1. The molecule has 0 aromatic heterocycles. The van der Waals surface area contributed by atoms with Crippen LogP contribution in [0.3, 0.4) is 0 Å². The third-order valence-corrected chi connectivity index (χ3v) is 5.46. The molecule has 0 spiro atoms. The monoisotopic (exact) mass is 394 g/mol. The summed E-state index contributed by atoms with van der Waals surface area (Å²) in [6.45, 7) is 3.86. The van der Waals surface area contributed by atoms with Crippen LogP contribution in [0.2, 0.25) is 0 Å². The number of methoxy groups -OCH3 is 1. The number of ether oxygens (including phenoxy) is 2. The van der Waals surface area contributed by atoms with Gasteiger partial charge in [-0.1, -0.05) is 12.1 Å². The Balaban J connectivity index is 0.000000878. The van der Waals surface area contributed by atoms with Crippen molar-refractivity contribution in [2.75, 3.05) is 53.1 Å². The lowest BCUT2D eigenvalue weighted by atomic mass is 9.76. The van der Waals surface area contributed by atoms with Crippen molar-refractivity contribution >= 4 is 12.4 Å². The minimum absolute atomic E-state index is 0.0427. The fourth-order valence-corrected chi connectivity index (χ4v) is 3.95. The smallest absolute Gasteiger partial charge is 0.290 e. The number of benzene rings is 1. The fourth-order valence-electron chi connectivity index (χ4n) is 3.95. The molecule has 2 aliphatic heterocycles. The van der Waals surface area contributed by atoms with E-state index in [-0.39, 0.29) is 24.4 Å². The van der Waals surface area contributed by atoms with Crippen LogP contribution >= 0.6 is 0 Å². The number of amides is 1. The van der Waals surface area contributed by atoms with E-state index in [1.807, 2.05) is 24.3 Å². The van der Waals surface area contributed by atoms with Crippen LogP contribution in [0.1, 0.15) is 12.0 Å². The second-order valence-electron chi connectivity index (χ2n) is 7.28. The van der Waals surface area contributed by atoms with Gasteiger partial charge in [-0.3, -0.25) is 14.5 Å². The number of rotatable bonds is 7. The van der Waals surface area contributed by atoms with Crippen molar-refractivity contribution in [2.45, 2.75) is 12.8 Å². The van der Waals surface area contributed by atoms with Gasteiger partial charge in [-0.2, -0.15) is 0 Å². The van der Waals surface area contributed by atoms with Crippen molar-refractivity contribution in [2.24, 2.45) is 11.3 Å². The maximum atomic E-state index is 12.2. The molecule has 156 valence electrons. The van der Waals surface area contributed by atoms with Crippen LogP contribution < -0.4 is 10.1 Å². The number of nitrogens with one attached hydrogen (secondary N) is 1. The van der Waals surface area contributed by atoms with Crippen molar-refractivity contribution in [3.63, 3.8) is 0 Å². The third kappa shape index (κ3) is 5.92. The van der Waals surface area contributed by atoms with Crippen LogP contribution in [0.5, 0.6) is 5.75 Å². The van der Waals surface area contributed by atoms with Crippen LogP contribution in [0, 0.1) is 11.3 Å². The van der Waals surface area contributed by atoms with E-state index in [0.29, 0.717) is 25.6 Å². The van der Waals surface area contributed by atoms with Gasteiger partial charge in [-0.05, 0) is 36.5 Å². The number of carbonyl (C=O) groups is 2. The molecule has 2 heterocycles. The van der Waals surface area contributed by atoms with Gasteiger partial charge in [0.15, 0.2) is 0 Å². The van der Waals surface area contributed by atoms with Gasteiger partial charge in [0.1, 0.15) is 5.75 Å². The van der Waals surface area contributed by atoms with Crippen molar-refractivity contribution in [1.29, 1.82) is 0 Å². The number of aliphatic hydroxyl groups excluding tert-OH is 1. The lowest BCUT2D eigenvalue weighted by molar-refractivity contribution is -0.123. The molecule has 0 aliphatic carbocycles. The highest BCUT2D eigenvalue weighted by molar-refractivity contribution is 5.78. The molecule has 2 saturated heterocycles. The first kappa shape index (κ1) is 22.1. The van der Waals surface area contributed by atoms with E-state index in [1.165, 1.54) is 5.56 Å². The molecular formula is C20H30N2O6. The first-order valence-electron chi connectivity index (χ1n) is 9.45. The topological polar surface area (TPSA) is 108 Å². The summed E-state index contributed by atoms with van der Waals surface area (Å²) in [6, 6.07) is 7.89. The zero-order valence-electron chi connectivity index (χ0n) is 16.3. The quantitative estimate of drug-likeness (QED) is 0.574. The molecule has 1 aromatic rings. The van der Waals surface area contributed by atoms with Gasteiger partial charge in [-0.25, -0.2) is 0 Å². The molecule has 2 aliphatic rings. The molecule has 0 bridgehead atoms. The van der Waals surface area contributed by atoms with Gasteiger partial charge in [0, 0.05) is 31.7 Å². The average Bonchev–Trinajstić information content (AvgIpc) is 3.07. The second-order valence-corrected chi connectivity index (χ2v) is 7.28. The number of carboxylic acid groups (broad SMARTS) is 1. The van der Waals surface area contributed by atoms with Crippen LogP contribution in [-0.4, -0.2) is 80.6 Å². The minimum Gasteiger partial charge on any atom is -0.497 e. The maximum absolute atomic E-state index is 12.2.